The molecule has 0 bridgehead atoms. The first-order chi connectivity index (χ1) is 15.1. The zero-order chi connectivity index (χ0) is 21.1. The molecule has 3 aromatic rings. The number of hydrogen-bond donors (Lipinski definition) is 2. The molecule has 0 fully saturated rings. The number of aromatic hydroxyl groups is 1. The highest BCUT2D eigenvalue weighted by molar-refractivity contribution is 7.17. The maximum Gasteiger partial charge on any atom is 0.260 e. The molecule has 0 saturated heterocycles. The maximum absolute atomic E-state index is 13.6. The molecule has 0 radical (unpaired) electrons. The first-order valence-electron chi connectivity index (χ1n) is 10.8. The summed E-state index contributed by atoms with van der Waals surface area (Å²) in [7, 11) is 0. The van der Waals surface area contributed by atoms with E-state index < -0.39 is 6.17 Å². The molecule has 2 amide bonds. The largest absolute Gasteiger partial charge is 0.508 e. The van der Waals surface area contributed by atoms with Crippen LogP contribution in [0.1, 0.15) is 61.0 Å². The second kappa shape index (κ2) is 6.95. The molecule has 2 unspecified atom stereocenters. The summed E-state index contributed by atoms with van der Waals surface area (Å²) in [6, 6.07) is 14.9. The van der Waals surface area contributed by atoms with Gasteiger partial charge in [-0.05, 0) is 60.9 Å². The molecule has 5 nitrogen and oxygen atoms in total. The lowest BCUT2D eigenvalue weighted by Gasteiger charge is -2.44. The minimum absolute atomic E-state index is 0.0611. The maximum atomic E-state index is 13.6. The predicted octanol–water partition coefficient (Wildman–Crippen LogP) is 4.39. The molecular weight excluding hydrogens is 408 g/mol. The second-order valence-electron chi connectivity index (χ2n) is 8.51. The number of phenolic OH excluding ortho intramolecular Hbond substituents is 1. The average Bonchev–Trinajstić information content (AvgIpc) is 3.18. The minimum Gasteiger partial charge on any atom is -0.508 e. The van der Waals surface area contributed by atoms with Crippen LogP contribution in [0.5, 0.6) is 5.75 Å². The van der Waals surface area contributed by atoms with Crippen molar-refractivity contribution in [3.8, 4) is 5.75 Å². The standard InChI is InChI=1S/C25H22N2O3S/c28-19-11-5-1-7-14(19)13-18-15-8-2-3-9-16(15)24(30)27-22(18)26-23(29)21-17-10-4-6-12-20(17)31-25(21)27/h1-3,5,7-9,11,18,22,28H,4,6,10,12-13H2,(H,26,29). The van der Waals surface area contributed by atoms with Gasteiger partial charge in [0.2, 0.25) is 0 Å². The summed E-state index contributed by atoms with van der Waals surface area (Å²) < 4.78 is 0. The van der Waals surface area contributed by atoms with E-state index in [-0.39, 0.29) is 23.5 Å². The number of phenols is 1. The third-order valence-corrected chi connectivity index (χ3v) is 8.07. The van der Waals surface area contributed by atoms with Crippen LogP contribution in [0.4, 0.5) is 5.00 Å². The number of thiophene rings is 1. The molecule has 1 aliphatic carbocycles. The van der Waals surface area contributed by atoms with Gasteiger partial charge in [-0.1, -0.05) is 36.4 Å². The Hall–Kier alpha value is -3.12. The second-order valence-corrected chi connectivity index (χ2v) is 9.59. The van der Waals surface area contributed by atoms with Crippen molar-refractivity contribution in [2.45, 2.75) is 44.2 Å². The van der Waals surface area contributed by atoms with Gasteiger partial charge < -0.3 is 10.4 Å². The number of carbonyl (C=O) groups excluding carboxylic acids is 2. The fourth-order valence-corrected chi connectivity index (χ4v) is 6.73. The zero-order valence-corrected chi connectivity index (χ0v) is 17.7. The fourth-order valence-electron chi connectivity index (χ4n) is 5.31. The smallest absolute Gasteiger partial charge is 0.260 e. The topological polar surface area (TPSA) is 69.6 Å². The highest BCUT2D eigenvalue weighted by Crippen LogP contribution is 2.47. The molecule has 2 atom stereocenters. The molecule has 6 rings (SSSR count). The fraction of sp³-hybridized carbons (Fsp3) is 0.280. The lowest BCUT2D eigenvalue weighted by Crippen LogP contribution is -2.60. The molecule has 31 heavy (non-hydrogen) atoms. The molecule has 1 aromatic heterocycles. The predicted molar refractivity (Wildman–Crippen MR) is 120 cm³/mol. The number of anilines is 1. The van der Waals surface area contributed by atoms with Gasteiger partial charge in [0.1, 0.15) is 16.9 Å². The normalized spacial score (nSPS) is 21.6. The number of amides is 2. The SMILES string of the molecule is O=C1NC2C(Cc3ccccc3O)c3ccccc3C(=O)N2c2sc3c(c21)CCCC3. The van der Waals surface area contributed by atoms with Crippen LogP contribution in [0.15, 0.2) is 48.5 Å². The summed E-state index contributed by atoms with van der Waals surface area (Å²) in [6.45, 7) is 0. The molecule has 0 saturated carbocycles. The van der Waals surface area contributed by atoms with Crippen LogP contribution in [0, 0.1) is 0 Å². The Kier molecular flexibility index (Phi) is 4.18. The van der Waals surface area contributed by atoms with E-state index in [1.54, 1.807) is 23.5 Å². The summed E-state index contributed by atoms with van der Waals surface area (Å²) >= 11 is 1.61. The molecule has 2 N–H and O–H groups in total. The van der Waals surface area contributed by atoms with Crippen molar-refractivity contribution in [2.75, 3.05) is 4.90 Å². The molecular formula is C25H22N2O3S. The van der Waals surface area contributed by atoms with Crippen LogP contribution in [0.25, 0.3) is 0 Å². The minimum atomic E-state index is -0.470. The third-order valence-electron chi connectivity index (χ3n) is 6.78. The van der Waals surface area contributed by atoms with E-state index in [1.165, 1.54) is 4.88 Å². The number of fused-ring (bicyclic) bond motifs is 6. The van der Waals surface area contributed by atoms with Gasteiger partial charge >= 0.3 is 0 Å². The van der Waals surface area contributed by atoms with Crippen molar-refractivity contribution >= 4 is 28.2 Å². The van der Waals surface area contributed by atoms with Gasteiger partial charge in [0.25, 0.3) is 11.8 Å². The molecule has 3 aliphatic rings. The number of benzene rings is 2. The first kappa shape index (κ1) is 18.6. The van der Waals surface area contributed by atoms with Crippen LogP contribution in [-0.2, 0) is 19.3 Å². The summed E-state index contributed by atoms with van der Waals surface area (Å²) in [4.78, 5) is 30.0. The van der Waals surface area contributed by atoms with Crippen molar-refractivity contribution in [3.63, 3.8) is 0 Å². The van der Waals surface area contributed by atoms with Crippen molar-refractivity contribution in [3.05, 3.63) is 81.2 Å². The number of hydrogen-bond acceptors (Lipinski definition) is 4. The number of carbonyl (C=O) groups is 2. The third kappa shape index (κ3) is 2.74. The lowest BCUT2D eigenvalue weighted by molar-refractivity contribution is 0.0877. The number of para-hydroxylation sites is 1. The van der Waals surface area contributed by atoms with Gasteiger partial charge in [-0.25, -0.2) is 0 Å². The molecule has 156 valence electrons. The summed E-state index contributed by atoms with van der Waals surface area (Å²) in [5.74, 6) is -0.0598. The Morgan fingerprint density at radius 2 is 1.81 bits per heavy atom. The summed E-state index contributed by atoms with van der Waals surface area (Å²) in [5.41, 5.74) is 4.23. The summed E-state index contributed by atoms with van der Waals surface area (Å²) in [5, 5.41) is 14.3. The Morgan fingerprint density at radius 3 is 2.68 bits per heavy atom. The number of rotatable bonds is 2. The van der Waals surface area contributed by atoms with Gasteiger partial charge in [-0.15, -0.1) is 11.3 Å². The molecule has 3 heterocycles. The van der Waals surface area contributed by atoms with Crippen LogP contribution in [-0.4, -0.2) is 23.1 Å². The van der Waals surface area contributed by atoms with Crippen LogP contribution in [0.2, 0.25) is 0 Å². The highest BCUT2D eigenvalue weighted by Gasteiger charge is 2.47. The van der Waals surface area contributed by atoms with Crippen LogP contribution >= 0.6 is 11.3 Å². The Morgan fingerprint density at radius 1 is 1.03 bits per heavy atom. The number of nitrogens with zero attached hydrogens (tertiary/aromatic N) is 1. The van der Waals surface area contributed by atoms with Crippen molar-refractivity contribution in [1.29, 1.82) is 0 Å². The van der Waals surface area contributed by atoms with E-state index in [0.717, 1.165) is 47.4 Å². The van der Waals surface area contributed by atoms with Crippen molar-refractivity contribution < 1.29 is 14.7 Å². The average molecular weight is 431 g/mol. The van der Waals surface area contributed by atoms with Crippen LogP contribution in [0.3, 0.4) is 0 Å². The number of nitrogens with one attached hydrogen (secondary N) is 1. The zero-order valence-electron chi connectivity index (χ0n) is 16.9. The lowest BCUT2D eigenvalue weighted by atomic mass is 9.81. The number of aryl methyl sites for hydroxylation is 1. The van der Waals surface area contributed by atoms with Gasteiger partial charge in [0.15, 0.2) is 0 Å². The van der Waals surface area contributed by atoms with Crippen molar-refractivity contribution in [2.24, 2.45) is 0 Å². The van der Waals surface area contributed by atoms with E-state index >= 15 is 0 Å². The van der Waals surface area contributed by atoms with Crippen LogP contribution < -0.4 is 10.2 Å². The van der Waals surface area contributed by atoms with Gasteiger partial charge in [0.05, 0.1) is 5.56 Å². The van der Waals surface area contributed by atoms with E-state index in [9.17, 15) is 14.7 Å². The first-order valence-corrected chi connectivity index (χ1v) is 11.6. The van der Waals surface area contributed by atoms with E-state index in [4.69, 9.17) is 0 Å². The Bertz CT molecular complexity index is 1230. The Balaban J connectivity index is 1.52. The molecule has 0 spiro atoms. The molecule has 2 aliphatic heterocycles. The molecule has 2 aromatic carbocycles. The Labute approximate surface area is 184 Å². The van der Waals surface area contributed by atoms with E-state index in [2.05, 4.69) is 5.32 Å². The van der Waals surface area contributed by atoms with E-state index in [0.29, 0.717) is 17.5 Å². The van der Waals surface area contributed by atoms with Gasteiger partial charge in [0, 0.05) is 16.4 Å². The van der Waals surface area contributed by atoms with Gasteiger partial charge in [-0.3, -0.25) is 14.5 Å². The van der Waals surface area contributed by atoms with E-state index in [1.807, 2.05) is 41.3 Å². The molecule has 6 heteroatoms. The monoisotopic (exact) mass is 430 g/mol. The van der Waals surface area contributed by atoms with Gasteiger partial charge in [-0.2, -0.15) is 0 Å². The quantitative estimate of drug-likeness (QED) is 0.634. The summed E-state index contributed by atoms with van der Waals surface area (Å²) in [6.07, 6.45) is 4.15. The highest BCUT2D eigenvalue weighted by atomic mass is 32.1. The van der Waals surface area contributed by atoms with Crippen molar-refractivity contribution in [1.82, 2.24) is 5.32 Å².